The number of aliphatic hydroxyl groups is 1. The van der Waals surface area contributed by atoms with Crippen LogP contribution >= 0.6 is 0 Å². The minimum atomic E-state index is -0.417. The fourth-order valence-corrected chi connectivity index (χ4v) is 6.69. The standard InChI is InChI=1S/C44H28N4.C3H7O.Rh/c1-5-13-29(14-6-1)41-33-21-23-35(45-33)42(30-15-7-2-8-16-30)37-25-27-39(47-37)44(32-19-11-4-12-20-32)40-28-26-38(48-40)43(31-17-9-3-10-18-31)36-24-22-34(41)46-36;1-3(2)4;/h1-28H;3-4H,1H2,2H3;/q-2;-1;+3. The van der Waals surface area contributed by atoms with Gasteiger partial charge in [-0.25, -0.2) is 9.97 Å². The molecule has 7 aromatic rings. The van der Waals surface area contributed by atoms with Crippen molar-refractivity contribution in [3.05, 3.63) is 175 Å². The van der Waals surface area contributed by atoms with E-state index in [1.54, 1.807) is 6.92 Å². The van der Waals surface area contributed by atoms with Gasteiger partial charge in [-0.1, -0.05) is 159 Å². The van der Waals surface area contributed by atoms with Crippen LogP contribution in [0.5, 0.6) is 0 Å². The second kappa shape index (κ2) is 15.8. The Balaban J connectivity index is 0.000000831. The molecule has 0 amide bonds. The van der Waals surface area contributed by atoms with Crippen molar-refractivity contribution in [1.29, 1.82) is 0 Å². The number of hydrogen-bond acceptors (Lipinski definition) is 3. The van der Waals surface area contributed by atoms with Crippen LogP contribution in [0.15, 0.2) is 146 Å². The van der Waals surface area contributed by atoms with Crippen molar-refractivity contribution in [3.63, 3.8) is 0 Å². The Morgan fingerprint density at radius 3 is 0.830 bits per heavy atom. The molecule has 2 aliphatic rings. The summed E-state index contributed by atoms with van der Waals surface area (Å²) < 4.78 is 0. The molecule has 4 aromatic carbocycles. The summed E-state index contributed by atoms with van der Waals surface area (Å²) in [7, 11) is 0. The molecule has 5 nitrogen and oxygen atoms in total. The largest absolute Gasteiger partial charge is 3.00 e. The molecule has 6 heteroatoms. The van der Waals surface area contributed by atoms with Crippen molar-refractivity contribution in [3.8, 4) is 44.5 Å². The van der Waals surface area contributed by atoms with Gasteiger partial charge < -0.3 is 22.0 Å². The van der Waals surface area contributed by atoms with E-state index in [0.717, 1.165) is 89.4 Å². The van der Waals surface area contributed by atoms with Crippen LogP contribution in [0, 0.1) is 6.92 Å². The maximum Gasteiger partial charge on any atom is 3.00 e. The maximum atomic E-state index is 7.94. The topological polar surface area (TPSA) is 74.2 Å². The number of hydrogen-bond donors (Lipinski definition) is 1. The molecule has 0 radical (unpaired) electrons. The molecule has 3 aromatic heterocycles. The molecular formula is C47H35N4ORh. The van der Waals surface area contributed by atoms with E-state index in [9.17, 15) is 0 Å². The summed E-state index contributed by atoms with van der Waals surface area (Å²) in [5.74, 6) is 0. The normalized spacial score (nSPS) is 12.1. The van der Waals surface area contributed by atoms with Gasteiger partial charge in [-0.05, 0) is 68.8 Å². The van der Waals surface area contributed by atoms with Gasteiger partial charge in [-0.3, -0.25) is 0 Å². The van der Waals surface area contributed by atoms with Crippen molar-refractivity contribution in [1.82, 2.24) is 19.9 Å². The Labute approximate surface area is 322 Å². The van der Waals surface area contributed by atoms with Crippen LogP contribution in [0.25, 0.3) is 90.9 Å². The number of fused-ring (bicyclic) bond motifs is 8. The van der Waals surface area contributed by atoms with Gasteiger partial charge in [0.05, 0.1) is 22.8 Å². The molecule has 0 aliphatic carbocycles. The summed E-state index contributed by atoms with van der Waals surface area (Å²) >= 11 is 0. The van der Waals surface area contributed by atoms with E-state index in [4.69, 9.17) is 25.0 Å². The van der Waals surface area contributed by atoms with E-state index in [0.29, 0.717) is 0 Å². The summed E-state index contributed by atoms with van der Waals surface area (Å²) in [5, 5.41) is 7.94. The summed E-state index contributed by atoms with van der Waals surface area (Å²) in [5.41, 5.74) is 15.0. The predicted octanol–water partition coefficient (Wildman–Crippen LogP) is 10.8. The zero-order chi connectivity index (χ0) is 35.4. The molecule has 53 heavy (non-hydrogen) atoms. The number of rotatable bonds is 4. The van der Waals surface area contributed by atoms with Crippen LogP contribution in [-0.4, -0.2) is 21.2 Å². The zero-order valence-corrected chi connectivity index (χ0v) is 30.7. The molecule has 5 heterocycles. The third-order valence-electron chi connectivity index (χ3n) is 8.86. The predicted molar refractivity (Wildman–Crippen MR) is 216 cm³/mol. The van der Waals surface area contributed by atoms with Crippen molar-refractivity contribution in [2.24, 2.45) is 0 Å². The van der Waals surface area contributed by atoms with Gasteiger partial charge in [0, 0.05) is 0 Å². The molecule has 0 saturated carbocycles. The van der Waals surface area contributed by atoms with Crippen molar-refractivity contribution >= 4 is 46.4 Å². The Kier molecular flexibility index (Phi) is 10.5. The van der Waals surface area contributed by atoms with Crippen LogP contribution in [0.2, 0.25) is 0 Å². The number of nitrogens with zero attached hydrogens (tertiary/aromatic N) is 4. The average Bonchev–Trinajstić information content (AvgIpc) is 4.01. The van der Waals surface area contributed by atoms with Gasteiger partial charge in [-0.2, -0.15) is 0 Å². The van der Waals surface area contributed by atoms with Crippen LogP contribution in [-0.2, 0) is 19.5 Å². The number of benzene rings is 4. The molecule has 258 valence electrons. The van der Waals surface area contributed by atoms with E-state index in [-0.39, 0.29) is 19.5 Å². The average molecular weight is 775 g/mol. The zero-order valence-electron chi connectivity index (χ0n) is 29.0. The quantitative estimate of drug-likeness (QED) is 0.142. The van der Waals surface area contributed by atoms with Gasteiger partial charge in [0.1, 0.15) is 0 Å². The molecule has 1 N–H and O–H groups in total. The second-order valence-corrected chi connectivity index (χ2v) is 12.7. The Bertz CT molecular complexity index is 2240. The Hall–Kier alpha value is -5.94. The van der Waals surface area contributed by atoms with Gasteiger partial charge in [-0.15, -0.1) is 22.1 Å². The summed E-state index contributed by atoms with van der Waals surface area (Å²) in [6, 6.07) is 50.0. The van der Waals surface area contributed by atoms with Gasteiger partial charge in [0.25, 0.3) is 0 Å². The van der Waals surface area contributed by atoms with Crippen LogP contribution in [0.1, 0.15) is 29.7 Å². The summed E-state index contributed by atoms with van der Waals surface area (Å²) in [4.78, 5) is 21.2. The van der Waals surface area contributed by atoms with E-state index in [2.05, 4.69) is 153 Å². The first-order chi connectivity index (χ1) is 25.5. The summed E-state index contributed by atoms with van der Waals surface area (Å²) in [6.07, 6.45) is 7.99. The van der Waals surface area contributed by atoms with E-state index >= 15 is 0 Å². The minimum Gasteiger partial charge on any atom is -0.657 e. The third-order valence-corrected chi connectivity index (χ3v) is 8.86. The van der Waals surface area contributed by atoms with Crippen molar-refractivity contribution in [2.45, 2.75) is 13.0 Å². The fourth-order valence-electron chi connectivity index (χ4n) is 6.69. The van der Waals surface area contributed by atoms with Crippen LogP contribution < -0.4 is 9.97 Å². The fraction of sp³-hybridized carbons (Fsp3) is 0.0426. The molecule has 0 spiro atoms. The van der Waals surface area contributed by atoms with Crippen molar-refractivity contribution < 1.29 is 24.6 Å². The first-order valence-corrected chi connectivity index (χ1v) is 17.3. The number of aliphatic hydroxyl groups excluding tert-OH is 1. The van der Waals surface area contributed by atoms with E-state index in [1.165, 1.54) is 0 Å². The molecular weight excluding hydrogens is 739 g/mol. The second-order valence-electron chi connectivity index (χ2n) is 12.7. The molecule has 2 aliphatic heterocycles. The van der Waals surface area contributed by atoms with Crippen LogP contribution in [0.3, 0.4) is 0 Å². The molecule has 0 fully saturated rings. The number of aromatic nitrogens is 4. The molecule has 0 saturated heterocycles. The van der Waals surface area contributed by atoms with Crippen molar-refractivity contribution in [2.75, 3.05) is 0 Å². The third kappa shape index (κ3) is 7.38. The first-order valence-electron chi connectivity index (χ1n) is 17.3. The van der Waals surface area contributed by atoms with Gasteiger partial charge in [0.2, 0.25) is 0 Å². The van der Waals surface area contributed by atoms with Gasteiger partial charge in [0.15, 0.2) is 0 Å². The molecule has 1 atom stereocenters. The summed E-state index contributed by atoms with van der Waals surface area (Å²) in [6.45, 7) is 4.81. The SMILES string of the molecule is C1=Cc2nc1c(-c1ccccc1)c1ccc([n-]1)c(-c1ccccc1)c1nc(c(-c3ccccc3)c3ccc([n-]3)c2-c2ccccc2)C=C1.[CH2-]C(C)O.[Rh+3]. The first kappa shape index (κ1) is 35.5. The van der Waals surface area contributed by atoms with E-state index < -0.39 is 6.10 Å². The Morgan fingerprint density at radius 1 is 0.415 bits per heavy atom. The van der Waals surface area contributed by atoms with Gasteiger partial charge >= 0.3 is 19.5 Å². The molecule has 8 bridgehead atoms. The molecule has 1 unspecified atom stereocenters. The van der Waals surface area contributed by atoms with Crippen LogP contribution in [0.4, 0.5) is 0 Å². The Morgan fingerprint density at radius 2 is 0.623 bits per heavy atom. The minimum absolute atomic E-state index is 0. The molecule has 9 rings (SSSR count). The maximum absolute atomic E-state index is 7.94. The monoisotopic (exact) mass is 774 g/mol. The van der Waals surface area contributed by atoms with E-state index in [1.807, 2.05) is 24.3 Å². The smallest absolute Gasteiger partial charge is 0.657 e.